The third kappa shape index (κ3) is 3.84. The first-order valence-electron chi connectivity index (χ1n) is 10.4. The molecule has 1 N–H and O–H groups in total. The van der Waals surface area contributed by atoms with Gasteiger partial charge in [-0.15, -0.1) is 0 Å². The van der Waals surface area contributed by atoms with Crippen LogP contribution in [-0.4, -0.2) is 39.5 Å². The van der Waals surface area contributed by atoms with E-state index in [1.807, 2.05) is 57.2 Å². The van der Waals surface area contributed by atoms with Crippen molar-refractivity contribution in [1.82, 2.24) is 4.90 Å². The van der Waals surface area contributed by atoms with Crippen molar-refractivity contribution in [3.63, 3.8) is 0 Å². The van der Waals surface area contributed by atoms with E-state index < -0.39 is 0 Å². The normalized spacial score (nSPS) is 18.9. The molecule has 32 heavy (non-hydrogen) atoms. The summed E-state index contributed by atoms with van der Waals surface area (Å²) in [6.07, 6.45) is 0.755. The van der Waals surface area contributed by atoms with E-state index in [1.54, 1.807) is 17.0 Å². The molecule has 6 nitrogen and oxygen atoms in total. The van der Waals surface area contributed by atoms with Gasteiger partial charge < -0.3 is 5.32 Å². The van der Waals surface area contributed by atoms with Gasteiger partial charge in [-0.1, -0.05) is 67.3 Å². The molecule has 0 aromatic heterocycles. The zero-order chi connectivity index (χ0) is 23.0. The zero-order valence-electron chi connectivity index (χ0n) is 18.0. The van der Waals surface area contributed by atoms with Crippen molar-refractivity contribution in [2.45, 2.75) is 33.2 Å². The van der Waals surface area contributed by atoms with Gasteiger partial charge in [0, 0.05) is 17.3 Å². The first-order chi connectivity index (χ1) is 15.3. The lowest BCUT2D eigenvalue weighted by Crippen LogP contribution is -2.37. The molecule has 2 heterocycles. The number of thiocarbonyl (C=S) groups is 1. The molecule has 1 unspecified atom stereocenters. The Morgan fingerprint density at radius 2 is 1.78 bits per heavy atom. The van der Waals surface area contributed by atoms with Gasteiger partial charge in [0.2, 0.25) is 5.91 Å². The first kappa shape index (κ1) is 22.2. The number of hydrogen-bond acceptors (Lipinski definition) is 5. The third-order valence-corrected chi connectivity index (χ3v) is 7.10. The number of carbonyl (C=O) groups is 3. The van der Waals surface area contributed by atoms with Crippen molar-refractivity contribution in [1.29, 1.82) is 0 Å². The third-order valence-electron chi connectivity index (χ3n) is 5.70. The summed E-state index contributed by atoms with van der Waals surface area (Å²) in [5.74, 6) is -0.926. The summed E-state index contributed by atoms with van der Waals surface area (Å²) in [6, 6.07) is 14.6. The summed E-state index contributed by atoms with van der Waals surface area (Å²) >= 11 is 6.59. The van der Waals surface area contributed by atoms with Crippen molar-refractivity contribution in [3.8, 4) is 0 Å². The largest absolute Gasteiger partial charge is 0.324 e. The van der Waals surface area contributed by atoms with Crippen LogP contribution in [-0.2, 0) is 14.4 Å². The summed E-state index contributed by atoms with van der Waals surface area (Å²) < 4.78 is 0.452. The number of thioether (sulfide) groups is 1. The van der Waals surface area contributed by atoms with E-state index in [0.29, 0.717) is 31.7 Å². The molecule has 164 valence electrons. The highest BCUT2D eigenvalue weighted by molar-refractivity contribution is 8.26. The number of carbonyl (C=O) groups excluding carboxylic acids is 3. The molecule has 4 rings (SSSR count). The highest BCUT2D eigenvalue weighted by Gasteiger charge is 2.43. The fourth-order valence-electron chi connectivity index (χ4n) is 3.80. The molecule has 8 heteroatoms. The standard InChI is InChI=1S/C24H23N3O3S2/c1-4-15(3)27-23(30)21(32-24(27)31)20-16-10-6-8-12-18(16)26(22(20)29)13-19(28)25-17-11-7-5-9-14(17)2/h5-12,15H,4,13H2,1-3H3,(H,25,28). The van der Waals surface area contributed by atoms with E-state index in [9.17, 15) is 14.4 Å². The van der Waals surface area contributed by atoms with Gasteiger partial charge in [-0.3, -0.25) is 24.2 Å². The number of benzene rings is 2. The van der Waals surface area contributed by atoms with Crippen LogP contribution < -0.4 is 10.2 Å². The average Bonchev–Trinajstić information content (AvgIpc) is 3.21. The van der Waals surface area contributed by atoms with E-state index >= 15 is 0 Å². The Morgan fingerprint density at radius 1 is 1.09 bits per heavy atom. The van der Waals surface area contributed by atoms with Gasteiger partial charge in [-0.05, 0) is 38.0 Å². The second-order valence-corrected chi connectivity index (χ2v) is 9.42. The Kier molecular flexibility index (Phi) is 6.17. The quantitative estimate of drug-likeness (QED) is 0.525. The maximum absolute atomic E-state index is 13.5. The minimum Gasteiger partial charge on any atom is -0.324 e. The molecule has 1 fully saturated rings. The predicted octanol–water partition coefficient (Wildman–Crippen LogP) is 4.35. The van der Waals surface area contributed by atoms with Gasteiger partial charge in [0.05, 0.1) is 16.2 Å². The Morgan fingerprint density at radius 3 is 2.50 bits per heavy atom. The van der Waals surface area contributed by atoms with Crippen molar-refractivity contribution in [2.75, 3.05) is 16.8 Å². The van der Waals surface area contributed by atoms with Crippen LogP contribution in [0.15, 0.2) is 53.4 Å². The van der Waals surface area contributed by atoms with Crippen LogP contribution >= 0.6 is 24.0 Å². The van der Waals surface area contributed by atoms with Gasteiger partial charge in [0.25, 0.3) is 11.8 Å². The van der Waals surface area contributed by atoms with Gasteiger partial charge in [-0.25, -0.2) is 0 Å². The Hall–Kier alpha value is -2.97. The fourth-order valence-corrected chi connectivity index (χ4v) is 5.33. The average molecular weight is 466 g/mol. The van der Waals surface area contributed by atoms with Crippen LogP contribution in [0.5, 0.6) is 0 Å². The number of rotatable bonds is 5. The molecule has 3 amide bonds. The number of para-hydroxylation sites is 2. The van der Waals surface area contributed by atoms with Crippen LogP contribution in [0.1, 0.15) is 31.4 Å². The topological polar surface area (TPSA) is 69.7 Å². The number of hydrogen-bond donors (Lipinski definition) is 1. The van der Waals surface area contributed by atoms with Crippen LogP contribution in [0.25, 0.3) is 5.57 Å². The number of fused-ring (bicyclic) bond motifs is 1. The molecule has 1 saturated heterocycles. The molecule has 2 aromatic rings. The van der Waals surface area contributed by atoms with Crippen LogP contribution in [0.4, 0.5) is 11.4 Å². The predicted molar refractivity (Wildman–Crippen MR) is 132 cm³/mol. The monoisotopic (exact) mass is 465 g/mol. The highest BCUT2D eigenvalue weighted by atomic mass is 32.2. The summed E-state index contributed by atoms with van der Waals surface area (Å²) in [6.45, 7) is 5.68. The molecule has 0 bridgehead atoms. The summed E-state index contributed by atoms with van der Waals surface area (Å²) in [7, 11) is 0. The zero-order valence-corrected chi connectivity index (χ0v) is 19.7. The minimum absolute atomic E-state index is 0.0525. The number of aryl methyl sites for hydroxylation is 1. The van der Waals surface area contributed by atoms with Gasteiger partial charge in [0.1, 0.15) is 10.9 Å². The van der Waals surface area contributed by atoms with Crippen molar-refractivity contribution < 1.29 is 14.4 Å². The minimum atomic E-state index is -0.365. The smallest absolute Gasteiger partial charge is 0.267 e. The van der Waals surface area contributed by atoms with Gasteiger partial charge in [0.15, 0.2) is 0 Å². The molecule has 0 spiro atoms. The summed E-state index contributed by atoms with van der Waals surface area (Å²) in [4.78, 5) is 42.7. The van der Waals surface area contributed by atoms with Gasteiger partial charge >= 0.3 is 0 Å². The molecule has 0 radical (unpaired) electrons. The lowest BCUT2D eigenvalue weighted by atomic mass is 10.1. The van der Waals surface area contributed by atoms with E-state index in [2.05, 4.69) is 5.32 Å². The molecule has 2 aromatic carbocycles. The molecule has 2 aliphatic rings. The van der Waals surface area contributed by atoms with E-state index in [4.69, 9.17) is 12.2 Å². The maximum Gasteiger partial charge on any atom is 0.267 e. The SMILES string of the molecule is CCC(C)N1C(=O)C(=C2C(=O)N(CC(=O)Nc3ccccc3C)c3ccccc32)SC1=S. The van der Waals surface area contributed by atoms with Crippen molar-refractivity contribution in [3.05, 3.63) is 64.6 Å². The van der Waals surface area contributed by atoms with E-state index in [0.717, 1.165) is 23.7 Å². The van der Waals surface area contributed by atoms with Gasteiger partial charge in [-0.2, -0.15) is 0 Å². The second kappa shape index (κ2) is 8.88. The Labute approximate surface area is 196 Å². The second-order valence-electron chi connectivity index (χ2n) is 7.78. The number of nitrogens with zero attached hydrogens (tertiary/aromatic N) is 2. The fraction of sp³-hybridized carbons (Fsp3) is 0.250. The molecule has 0 saturated carbocycles. The van der Waals surface area contributed by atoms with Crippen LogP contribution in [0, 0.1) is 6.92 Å². The first-order valence-corrected chi connectivity index (χ1v) is 11.6. The molecule has 2 aliphatic heterocycles. The number of amides is 3. The van der Waals surface area contributed by atoms with Crippen molar-refractivity contribution in [2.24, 2.45) is 0 Å². The van der Waals surface area contributed by atoms with E-state index in [-0.39, 0.29) is 30.3 Å². The Balaban J connectivity index is 1.67. The molecular weight excluding hydrogens is 442 g/mol. The Bertz CT molecular complexity index is 1170. The lowest BCUT2D eigenvalue weighted by molar-refractivity contribution is -0.123. The molecule has 0 aliphatic carbocycles. The van der Waals surface area contributed by atoms with Crippen molar-refractivity contribution >= 4 is 63.0 Å². The van der Waals surface area contributed by atoms with E-state index in [1.165, 1.54) is 4.90 Å². The molecule has 1 atom stereocenters. The van der Waals surface area contributed by atoms with Crippen LogP contribution in [0.3, 0.4) is 0 Å². The van der Waals surface area contributed by atoms with Crippen LogP contribution in [0.2, 0.25) is 0 Å². The number of anilines is 2. The number of nitrogens with one attached hydrogen (secondary N) is 1. The lowest BCUT2D eigenvalue weighted by Gasteiger charge is -2.21. The molecular formula is C24H23N3O3S2. The summed E-state index contributed by atoms with van der Waals surface area (Å²) in [5.41, 5.74) is 3.20. The maximum atomic E-state index is 13.5. The highest BCUT2D eigenvalue weighted by Crippen LogP contribution is 2.45. The summed E-state index contributed by atoms with van der Waals surface area (Å²) in [5, 5.41) is 2.87.